The third-order valence-corrected chi connectivity index (χ3v) is 3.07. The maximum atomic E-state index is 13.1. The highest BCUT2D eigenvalue weighted by molar-refractivity contribution is 5.95. The zero-order valence-corrected chi connectivity index (χ0v) is 12.4. The van der Waals surface area contributed by atoms with Gasteiger partial charge in [-0.25, -0.2) is 0 Å². The standard InChI is InChI=1S/C14H19F3N2O2/c1-13(9-21-4,14(15,16)17)18-12(20)10-6-5-7-11(8-10)19(2)3/h5-8H,9H2,1-4H3,(H,18,20)/t13-/m1/s1. The molecule has 118 valence electrons. The van der Waals surface area contributed by atoms with Crippen LogP contribution in [0.3, 0.4) is 0 Å². The first-order chi connectivity index (χ1) is 9.60. The first-order valence-corrected chi connectivity index (χ1v) is 6.26. The van der Waals surface area contributed by atoms with E-state index in [0.717, 1.165) is 19.7 Å². The predicted molar refractivity (Wildman–Crippen MR) is 74.6 cm³/mol. The Kier molecular flexibility index (Phi) is 5.22. The van der Waals surface area contributed by atoms with Crippen molar-refractivity contribution in [1.29, 1.82) is 0 Å². The predicted octanol–water partition coefficient (Wildman–Crippen LogP) is 2.45. The van der Waals surface area contributed by atoms with Crippen molar-refractivity contribution in [3.8, 4) is 0 Å². The van der Waals surface area contributed by atoms with Crippen LogP contribution in [0.1, 0.15) is 17.3 Å². The van der Waals surface area contributed by atoms with Crippen LogP contribution in [-0.4, -0.2) is 45.4 Å². The van der Waals surface area contributed by atoms with Gasteiger partial charge in [0, 0.05) is 32.5 Å². The summed E-state index contributed by atoms with van der Waals surface area (Å²) in [4.78, 5) is 13.8. The second-order valence-corrected chi connectivity index (χ2v) is 5.16. The fourth-order valence-electron chi connectivity index (χ4n) is 1.73. The summed E-state index contributed by atoms with van der Waals surface area (Å²) in [5.74, 6) is -0.796. The fraction of sp³-hybridized carbons (Fsp3) is 0.500. The average molecular weight is 304 g/mol. The van der Waals surface area contributed by atoms with Crippen LogP contribution < -0.4 is 10.2 Å². The van der Waals surface area contributed by atoms with Crippen LogP contribution >= 0.6 is 0 Å². The Labute approximate surface area is 121 Å². The van der Waals surface area contributed by atoms with Crippen LogP contribution in [-0.2, 0) is 4.74 Å². The highest BCUT2D eigenvalue weighted by atomic mass is 19.4. The first kappa shape index (κ1) is 17.3. The molecule has 7 heteroatoms. The molecular weight excluding hydrogens is 285 g/mol. The van der Waals surface area contributed by atoms with Crippen molar-refractivity contribution in [2.24, 2.45) is 0 Å². The van der Waals surface area contributed by atoms with Gasteiger partial charge in [0.05, 0.1) is 6.61 Å². The molecule has 0 unspecified atom stereocenters. The zero-order chi connectivity index (χ0) is 16.3. The van der Waals surface area contributed by atoms with E-state index < -0.39 is 24.2 Å². The number of hydrogen-bond acceptors (Lipinski definition) is 3. The molecule has 0 heterocycles. The van der Waals surface area contributed by atoms with E-state index in [1.54, 1.807) is 31.1 Å². The van der Waals surface area contributed by atoms with Gasteiger partial charge >= 0.3 is 6.18 Å². The van der Waals surface area contributed by atoms with E-state index in [1.807, 2.05) is 5.32 Å². The molecule has 21 heavy (non-hydrogen) atoms. The number of anilines is 1. The summed E-state index contributed by atoms with van der Waals surface area (Å²) in [5, 5.41) is 2.01. The van der Waals surface area contributed by atoms with Crippen molar-refractivity contribution >= 4 is 11.6 Å². The van der Waals surface area contributed by atoms with Gasteiger partial charge in [0.15, 0.2) is 5.54 Å². The summed E-state index contributed by atoms with van der Waals surface area (Å²) >= 11 is 0. The molecule has 0 aliphatic heterocycles. The third-order valence-electron chi connectivity index (χ3n) is 3.07. The Morgan fingerprint density at radius 3 is 2.43 bits per heavy atom. The SMILES string of the molecule is COC[C@@](C)(NC(=O)c1cccc(N(C)C)c1)C(F)(F)F. The minimum atomic E-state index is -4.61. The summed E-state index contributed by atoms with van der Waals surface area (Å²) in [6.45, 7) is 0.236. The minimum absolute atomic E-state index is 0.160. The Hall–Kier alpha value is -1.76. The maximum Gasteiger partial charge on any atom is 0.413 e. The number of carbonyl (C=O) groups excluding carboxylic acids is 1. The monoisotopic (exact) mass is 304 g/mol. The van der Waals surface area contributed by atoms with E-state index in [4.69, 9.17) is 0 Å². The summed E-state index contributed by atoms with van der Waals surface area (Å²) < 4.78 is 43.8. The normalized spacial score (nSPS) is 14.4. The second kappa shape index (κ2) is 6.34. The number of amides is 1. The summed E-state index contributed by atoms with van der Waals surface area (Å²) in [6, 6.07) is 6.37. The quantitative estimate of drug-likeness (QED) is 0.908. The number of methoxy groups -OCH3 is 1. The van der Waals surface area contributed by atoms with Gasteiger partial charge in [-0.15, -0.1) is 0 Å². The Morgan fingerprint density at radius 2 is 1.95 bits per heavy atom. The minimum Gasteiger partial charge on any atom is -0.382 e. The fourth-order valence-corrected chi connectivity index (χ4v) is 1.73. The molecule has 1 aromatic rings. The van der Waals surface area contributed by atoms with Crippen molar-refractivity contribution in [1.82, 2.24) is 5.32 Å². The average Bonchev–Trinajstić information content (AvgIpc) is 2.37. The lowest BCUT2D eigenvalue weighted by Gasteiger charge is -2.32. The number of nitrogens with zero attached hydrogens (tertiary/aromatic N) is 1. The summed E-state index contributed by atoms with van der Waals surface area (Å²) in [7, 11) is 4.71. The molecule has 0 saturated carbocycles. The molecule has 0 bridgehead atoms. The lowest BCUT2D eigenvalue weighted by Crippen LogP contribution is -2.59. The molecule has 0 aliphatic rings. The van der Waals surface area contributed by atoms with Crippen molar-refractivity contribution < 1.29 is 22.7 Å². The van der Waals surface area contributed by atoms with Crippen LogP contribution in [0.4, 0.5) is 18.9 Å². The Morgan fingerprint density at radius 1 is 1.33 bits per heavy atom. The lowest BCUT2D eigenvalue weighted by molar-refractivity contribution is -0.200. The molecule has 1 N–H and O–H groups in total. The van der Waals surface area contributed by atoms with Gasteiger partial charge in [-0.05, 0) is 25.1 Å². The molecule has 1 rings (SSSR count). The molecule has 0 aliphatic carbocycles. The number of nitrogens with one attached hydrogen (secondary N) is 1. The van der Waals surface area contributed by atoms with Gasteiger partial charge < -0.3 is 15.0 Å². The topological polar surface area (TPSA) is 41.6 Å². The Bertz CT molecular complexity index is 503. The summed E-state index contributed by atoms with van der Waals surface area (Å²) in [5.41, 5.74) is -1.55. The highest BCUT2D eigenvalue weighted by Gasteiger charge is 2.52. The molecule has 1 atom stereocenters. The second-order valence-electron chi connectivity index (χ2n) is 5.16. The van der Waals surface area contributed by atoms with Gasteiger partial charge in [0.1, 0.15) is 0 Å². The molecule has 0 spiro atoms. The van der Waals surface area contributed by atoms with E-state index in [2.05, 4.69) is 4.74 Å². The molecule has 0 radical (unpaired) electrons. The molecule has 0 saturated heterocycles. The molecule has 1 aromatic carbocycles. The van der Waals surface area contributed by atoms with Crippen LogP contribution in [0.15, 0.2) is 24.3 Å². The number of hydrogen-bond donors (Lipinski definition) is 1. The number of rotatable bonds is 5. The van der Waals surface area contributed by atoms with Crippen molar-refractivity contribution in [2.75, 3.05) is 32.7 Å². The van der Waals surface area contributed by atoms with Crippen molar-refractivity contribution in [3.05, 3.63) is 29.8 Å². The van der Waals surface area contributed by atoms with Gasteiger partial charge in [0.25, 0.3) is 5.91 Å². The highest BCUT2D eigenvalue weighted by Crippen LogP contribution is 2.30. The van der Waals surface area contributed by atoms with Crippen LogP contribution in [0, 0.1) is 0 Å². The van der Waals surface area contributed by atoms with Crippen molar-refractivity contribution in [3.63, 3.8) is 0 Å². The van der Waals surface area contributed by atoms with Crippen molar-refractivity contribution in [2.45, 2.75) is 18.6 Å². The van der Waals surface area contributed by atoms with Gasteiger partial charge in [-0.2, -0.15) is 13.2 Å². The van der Waals surface area contributed by atoms with E-state index in [9.17, 15) is 18.0 Å². The van der Waals surface area contributed by atoms with Crippen LogP contribution in [0.2, 0.25) is 0 Å². The molecule has 1 amide bonds. The Balaban J connectivity index is 3.00. The number of carbonyl (C=O) groups is 1. The first-order valence-electron chi connectivity index (χ1n) is 6.26. The number of alkyl halides is 3. The number of benzene rings is 1. The van der Waals surface area contributed by atoms with Crippen LogP contribution in [0.5, 0.6) is 0 Å². The smallest absolute Gasteiger partial charge is 0.382 e. The van der Waals surface area contributed by atoms with Gasteiger partial charge in [0.2, 0.25) is 0 Å². The lowest BCUT2D eigenvalue weighted by atomic mass is 10.0. The van der Waals surface area contributed by atoms with Gasteiger partial charge in [-0.1, -0.05) is 6.07 Å². The molecule has 0 fully saturated rings. The van der Waals surface area contributed by atoms with E-state index in [-0.39, 0.29) is 5.56 Å². The molecule has 4 nitrogen and oxygen atoms in total. The van der Waals surface area contributed by atoms with Gasteiger partial charge in [-0.3, -0.25) is 4.79 Å². The largest absolute Gasteiger partial charge is 0.413 e. The number of ether oxygens (including phenoxy) is 1. The van der Waals surface area contributed by atoms with E-state index in [1.165, 1.54) is 12.1 Å². The summed E-state index contributed by atoms with van der Waals surface area (Å²) in [6.07, 6.45) is -4.61. The van der Waals surface area contributed by atoms with Crippen LogP contribution in [0.25, 0.3) is 0 Å². The third kappa shape index (κ3) is 4.10. The van der Waals surface area contributed by atoms with E-state index in [0.29, 0.717) is 0 Å². The van der Waals surface area contributed by atoms with E-state index >= 15 is 0 Å². The molecule has 0 aromatic heterocycles. The number of halogens is 3. The maximum absolute atomic E-state index is 13.1. The zero-order valence-electron chi connectivity index (χ0n) is 12.4. The molecular formula is C14H19F3N2O2.